The summed E-state index contributed by atoms with van der Waals surface area (Å²) in [6, 6.07) is 10.5. The highest BCUT2D eigenvalue weighted by atomic mass is 32.2. The molecule has 0 radical (unpaired) electrons. The van der Waals surface area contributed by atoms with Crippen LogP contribution >= 0.6 is 11.3 Å². The van der Waals surface area contributed by atoms with E-state index in [2.05, 4.69) is 22.4 Å². The summed E-state index contributed by atoms with van der Waals surface area (Å²) in [6.07, 6.45) is 0.953. The molecule has 0 bridgehead atoms. The predicted octanol–water partition coefficient (Wildman–Crippen LogP) is 3.96. The molecule has 0 atom stereocenters. The molecule has 1 aliphatic rings. The molecule has 3 aromatic rings. The molecule has 1 amide bonds. The number of benzene rings is 2. The number of nitrogens with zero attached hydrogens (tertiary/aromatic N) is 2. The molecule has 9 heteroatoms. The lowest BCUT2D eigenvalue weighted by Crippen LogP contribution is -2.41. The Morgan fingerprint density at radius 1 is 1.16 bits per heavy atom. The number of aryl methyl sites for hydroxylation is 2. The van der Waals surface area contributed by atoms with Gasteiger partial charge in [0.1, 0.15) is 5.75 Å². The van der Waals surface area contributed by atoms with E-state index in [1.165, 1.54) is 22.8 Å². The average molecular weight is 460 g/mol. The molecule has 1 fully saturated rings. The van der Waals surface area contributed by atoms with E-state index in [4.69, 9.17) is 4.74 Å². The molecule has 0 aliphatic carbocycles. The van der Waals surface area contributed by atoms with Crippen molar-refractivity contribution in [1.82, 2.24) is 9.29 Å². The normalized spacial score (nSPS) is 15.8. The van der Waals surface area contributed by atoms with Crippen LogP contribution in [0.3, 0.4) is 0 Å². The van der Waals surface area contributed by atoms with Crippen molar-refractivity contribution in [2.24, 2.45) is 5.92 Å². The number of thiazole rings is 1. The van der Waals surface area contributed by atoms with Gasteiger partial charge in [0.05, 0.1) is 22.2 Å². The van der Waals surface area contributed by atoms with Gasteiger partial charge in [-0.25, -0.2) is 13.4 Å². The molecule has 0 unspecified atom stereocenters. The van der Waals surface area contributed by atoms with Gasteiger partial charge in [0.25, 0.3) is 0 Å². The fraction of sp³-hybridized carbons (Fsp3) is 0.364. The molecule has 2 heterocycles. The molecule has 1 aliphatic heterocycles. The molecule has 1 aromatic heterocycles. The van der Waals surface area contributed by atoms with E-state index in [-0.39, 0.29) is 16.7 Å². The van der Waals surface area contributed by atoms with Gasteiger partial charge in [-0.15, -0.1) is 0 Å². The van der Waals surface area contributed by atoms with Crippen LogP contribution in [0.2, 0.25) is 0 Å². The Kier molecular flexibility index (Phi) is 6.00. The van der Waals surface area contributed by atoms with Crippen molar-refractivity contribution in [1.29, 1.82) is 0 Å². The molecule has 4 rings (SSSR count). The van der Waals surface area contributed by atoms with Gasteiger partial charge in [-0.2, -0.15) is 4.31 Å². The van der Waals surface area contributed by atoms with Crippen LogP contribution in [0, 0.1) is 19.8 Å². The van der Waals surface area contributed by atoms with Crippen molar-refractivity contribution in [3.63, 3.8) is 0 Å². The smallest absolute Gasteiger partial charge is 0.243 e. The lowest BCUT2D eigenvalue weighted by atomic mass is 9.97. The average Bonchev–Trinajstić information content (AvgIpc) is 3.16. The zero-order chi connectivity index (χ0) is 22.2. The Hall–Kier alpha value is -2.49. The molecule has 7 nitrogen and oxygen atoms in total. The Bertz CT molecular complexity index is 1210. The number of fused-ring (bicyclic) bond motifs is 1. The summed E-state index contributed by atoms with van der Waals surface area (Å²) < 4.78 is 33.4. The van der Waals surface area contributed by atoms with Crippen LogP contribution < -0.4 is 10.1 Å². The summed E-state index contributed by atoms with van der Waals surface area (Å²) >= 11 is 1.46. The summed E-state index contributed by atoms with van der Waals surface area (Å²) in [5.74, 6) is 0.265. The van der Waals surface area contributed by atoms with Gasteiger partial charge in [-0.3, -0.25) is 4.79 Å². The zero-order valence-corrected chi connectivity index (χ0v) is 19.3. The number of carbonyl (C=O) groups is 1. The van der Waals surface area contributed by atoms with Crippen molar-refractivity contribution in [3.8, 4) is 5.75 Å². The first-order chi connectivity index (χ1) is 14.8. The largest absolute Gasteiger partial charge is 0.497 e. The highest BCUT2D eigenvalue weighted by Gasteiger charge is 2.32. The molecular weight excluding hydrogens is 434 g/mol. The SMILES string of the molecule is COc1ccc(S(=O)(=O)N2CCC(C(=O)Nc3nc4c(C)cc(C)cc4s3)CC2)cc1. The number of piperidine rings is 1. The fourth-order valence-corrected chi connectivity index (χ4v) is 6.40. The van der Waals surface area contributed by atoms with E-state index in [1.54, 1.807) is 24.3 Å². The number of aromatic nitrogens is 1. The second-order valence-electron chi connectivity index (χ2n) is 7.79. The van der Waals surface area contributed by atoms with Crippen LogP contribution in [0.15, 0.2) is 41.3 Å². The number of methoxy groups -OCH3 is 1. The highest BCUT2D eigenvalue weighted by molar-refractivity contribution is 7.89. The van der Waals surface area contributed by atoms with Gasteiger partial charge in [0.2, 0.25) is 15.9 Å². The second-order valence-corrected chi connectivity index (χ2v) is 10.8. The summed E-state index contributed by atoms with van der Waals surface area (Å²) in [6.45, 7) is 4.67. The lowest BCUT2D eigenvalue weighted by molar-refractivity contribution is -0.120. The van der Waals surface area contributed by atoms with E-state index in [1.807, 2.05) is 13.8 Å². The van der Waals surface area contributed by atoms with Crippen molar-refractivity contribution >= 4 is 42.6 Å². The van der Waals surface area contributed by atoms with E-state index < -0.39 is 10.0 Å². The molecule has 0 saturated carbocycles. The van der Waals surface area contributed by atoms with Crippen LogP contribution in [0.4, 0.5) is 5.13 Å². The monoisotopic (exact) mass is 459 g/mol. The fourth-order valence-electron chi connectivity index (χ4n) is 3.89. The van der Waals surface area contributed by atoms with Crippen LogP contribution in [0.5, 0.6) is 5.75 Å². The number of ether oxygens (including phenoxy) is 1. The molecule has 164 valence electrons. The minimum Gasteiger partial charge on any atom is -0.497 e. The van der Waals surface area contributed by atoms with Gasteiger partial charge < -0.3 is 10.1 Å². The highest BCUT2D eigenvalue weighted by Crippen LogP contribution is 2.31. The first-order valence-electron chi connectivity index (χ1n) is 10.1. The van der Waals surface area contributed by atoms with Gasteiger partial charge >= 0.3 is 0 Å². The van der Waals surface area contributed by atoms with Crippen molar-refractivity contribution in [3.05, 3.63) is 47.5 Å². The Morgan fingerprint density at radius 3 is 2.48 bits per heavy atom. The molecule has 31 heavy (non-hydrogen) atoms. The van der Waals surface area contributed by atoms with Crippen LogP contribution in [0.25, 0.3) is 10.2 Å². The van der Waals surface area contributed by atoms with Crippen molar-refractivity contribution in [2.45, 2.75) is 31.6 Å². The quantitative estimate of drug-likeness (QED) is 0.624. The van der Waals surface area contributed by atoms with Gasteiger partial charge in [0, 0.05) is 19.0 Å². The maximum absolute atomic E-state index is 12.9. The summed E-state index contributed by atoms with van der Waals surface area (Å²) in [7, 11) is -2.05. The Morgan fingerprint density at radius 2 is 1.84 bits per heavy atom. The Balaban J connectivity index is 1.40. The first kappa shape index (κ1) is 21.7. The maximum atomic E-state index is 12.9. The van der Waals surface area contributed by atoms with E-state index in [9.17, 15) is 13.2 Å². The molecule has 1 saturated heterocycles. The molecule has 1 N–H and O–H groups in total. The Labute approximate surface area is 186 Å². The summed E-state index contributed by atoms with van der Waals surface area (Å²) in [4.78, 5) is 17.6. The number of hydrogen-bond acceptors (Lipinski definition) is 6. The van der Waals surface area contributed by atoms with Gasteiger partial charge in [-0.1, -0.05) is 17.4 Å². The van der Waals surface area contributed by atoms with E-state index in [0.29, 0.717) is 36.8 Å². The zero-order valence-electron chi connectivity index (χ0n) is 17.7. The molecule has 2 aromatic carbocycles. The van der Waals surface area contributed by atoms with Gasteiger partial charge in [0.15, 0.2) is 5.13 Å². The van der Waals surface area contributed by atoms with E-state index in [0.717, 1.165) is 21.3 Å². The van der Waals surface area contributed by atoms with Crippen LogP contribution in [-0.2, 0) is 14.8 Å². The number of rotatable bonds is 5. The number of sulfonamides is 1. The van der Waals surface area contributed by atoms with Gasteiger partial charge in [-0.05, 0) is 68.1 Å². The maximum Gasteiger partial charge on any atom is 0.243 e. The number of amides is 1. The van der Waals surface area contributed by atoms with Crippen LogP contribution in [-0.4, -0.2) is 43.8 Å². The third-order valence-electron chi connectivity index (χ3n) is 5.58. The van der Waals surface area contributed by atoms with Crippen LogP contribution in [0.1, 0.15) is 24.0 Å². The minimum atomic E-state index is -3.59. The topological polar surface area (TPSA) is 88.6 Å². The first-order valence-corrected chi connectivity index (χ1v) is 12.4. The molecule has 0 spiro atoms. The third kappa shape index (κ3) is 4.44. The second kappa shape index (κ2) is 8.57. The van der Waals surface area contributed by atoms with Crippen molar-refractivity contribution in [2.75, 3.05) is 25.5 Å². The number of hydrogen-bond donors (Lipinski definition) is 1. The third-order valence-corrected chi connectivity index (χ3v) is 8.41. The minimum absolute atomic E-state index is 0.102. The molecular formula is C22H25N3O4S2. The number of anilines is 1. The number of nitrogens with one attached hydrogen (secondary N) is 1. The number of carbonyl (C=O) groups excluding carboxylic acids is 1. The van der Waals surface area contributed by atoms with E-state index >= 15 is 0 Å². The lowest BCUT2D eigenvalue weighted by Gasteiger charge is -2.30. The summed E-state index contributed by atoms with van der Waals surface area (Å²) in [5, 5.41) is 3.52. The predicted molar refractivity (Wildman–Crippen MR) is 122 cm³/mol. The standard InChI is InChI=1S/C22H25N3O4S2/c1-14-12-15(2)20-19(13-14)30-22(23-20)24-21(26)16-8-10-25(11-9-16)31(27,28)18-6-4-17(29-3)5-7-18/h4-7,12-13,16H,8-11H2,1-3H3,(H,23,24,26). The van der Waals surface area contributed by atoms with Crippen molar-refractivity contribution < 1.29 is 17.9 Å². The summed E-state index contributed by atoms with van der Waals surface area (Å²) in [5.41, 5.74) is 3.16.